The van der Waals surface area contributed by atoms with Gasteiger partial charge in [-0.25, -0.2) is 4.79 Å². The summed E-state index contributed by atoms with van der Waals surface area (Å²) in [7, 11) is 1.60. The first kappa shape index (κ1) is 10.8. The maximum atomic E-state index is 10.9. The number of hydrogen-bond donors (Lipinski definition) is 1. The highest BCUT2D eigenvalue weighted by molar-refractivity contribution is 5.89. The number of hydrogen-bond acceptors (Lipinski definition) is 3. The average molecular weight is 221 g/mol. The van der Waals surface area contributed by atoms with Crippen LogP contribution in [0.15, 0.2) is 18.2 Å². The average Bonchev–Trinajstić information content (AvgIpc) is 2.27. The first-order chi connectivity index (χ1) is 7.63. The molecule has 86 valence electrons. The maximum Gasteiger partial charge on any atom is 0.335 e. The largest absolute Gasteiger partial charge is 0.495 e. The van der Waals surface area contributed by atoms with Gasteiger partial charge >= 0.3 is 5.97 Å². The molecule has 16 heavy (non-hydrogen) atoms. The molecular formula is C12H15NO3. The summed E-state index contributed by atoms with van der Waals surface area (Å²) in [5, 5.41) is 8.95. The van der Waals surface area contributed by atoms with Crippen molar-refractivity contribution in [3.05, 3.63) is 23.8 Å². The summed E-state index contributed by atoms with van der Waals surface area (Å²) in [4.78, 5) is 13.1. The third-order valence-corrected chi connectivity index (χ3v) is 3.06. The summed E-state index contributed by atoms with van der Waals surface area (Å²) in [6.07, 6.45) is 1.14. The van der Waals surface area contributed by atoms with Crippen LogP contribution in [-0.2, 0) is 0 Å². The van der Waals surface area contributed by atoms with E-state index in [0.717, 1.165) is 24.4 Å². The molecule has 2 rings (SSSR count). The number of ether oxygens (including phenoxy) is 1. The van der Waals surface area contributed by atoms with Gasteiger partial charge in [-0.05, 0) is 31.5 Å². The van der Waals surface area contributed by atoms with Crippen LogP contribution in [0.3, 0.4) is 0 Å². The molecule has 4 heteroatoms. The minimum absolute atomic E-state index is 0.301. The quantitative estimate of drug-likeness (QED) is 0.848. The normalized spacial score (nSPS) is 19.1. The van der Waals surface area contributed by atoms with Crippen LogP contribution in [0.4, 0.5) is 5.69 Å². The van der Waals surface area contributed by atoms with Crippen LogP contribution in [0.5, 0.6) is 5.75 Å². The van der Waals surface area contributed by atoms with Crippen molar-refractivity contribution in [3.63, 3.8) is 0 Å². The topological polar surface area (TPSA) is 49.8 Å². The van der Waals surface area contributed by atoms with E-state index in [1.54, 1.807) is 25.3 Å². The van der Waals surface area contributed by atoms with Gasteiger partial charge in [-0.1, -0.05) is 0 Å². The standard InChI is InChI=1S/C12H15NO3/c1-8-5-6-13(8)10-7-9(12(14)15)3-4-11(10)16-2/h3-4,7-8H,5-6H2,1-2H3,(H,14,15). The van der Waals surface area contributed by atoms with Gasteiger partial charge in [0, 0.05) is 12.6 Å². The number of anilines is 1. The molecule has 1 fully saturated rings. The lowest BCUT2D eigenvalue weighted by atomic mass is 10.0. The van der Waals surface area contributed by atoms with Crippen molar-refractivity contribution in [1.82, 2.24) is 0 Å². The van der Waals surface area contributed by atoms with Crippen molar-refractivity contribution in [1.29, 1.82) is 0 Å². The molecule has 1 heterocycles. The first-order valence-corrected chi connectivity index (χ1v) is 5.31. The lowest BCUT2D eigenvalue weighted by Gasteiger charge is -2.41. The number of aromatic carboxylic acids is 1. The highest BCUT2D eigenvalue weighted by atomic mass is 16.5. The van der Waals surface area contributed by atoms with Crippen molar-refractivity contribution in [2.24, 2.45) is 0 Å². The van der Waals surface area contributed by atoms with Crippen LogP contribution in [0.1, 0.15) is 23.7 Å². The predicted octanol–water partition coefficient (Wildman–Crippen LogP) is 1.99. The number of carbonyl (C=O) groups is 1. The van der Waals surface area contributed by atoms with Gasteiger partial charge in [0.15, 0.2) is 0 Å². The molecule has 0 aromatic heterocycles. The molecule has 0 spiro atoms. The number of rotatable bonds is 3. The van der Waals surface area contributed by atoms with E-state index < -0.39 is 5.97 Å². The summed E-state index contributed by atoms with van der Waals surface area (Å²) in [5.41, 5.74) is 1.18. The zero-order valence-corrected chi connectivity index (χ0v) is 9.43. The summed E-state index contributed by atoms with van der Waals surface area (Å²) in [6.45, 7) is 3.08. The van der Waals surface area contributed by atoms with Crippen molar-refractivity contribution < 1.29 is 14.6 Å². The summed E-state index contributed by atoms with van der Waals surface area (Å²) in [6, 6.07) is 5.41. The second-order valence-corrected chi connectivity index (χ2v) is 4.02. The van der Waals surface area contributed by atoms with Crippen LogP contribution in [-0.4, -0.2) is 30.8 Å². The Balaban J connectivity index is 2.39. The van der Waals surface area contributed by atoms with Gasteiger partial charge < -0.3 is 14.7 Å². The van der Waals surface area contributed by atoms with E-state index in [1.807, 2.05) is 0 Å². The molecule has 1 N–H and O–H groups in total. The monoisotopic (exact) mass is 221 g/mol. The number of benzene rings is 1. The van der Waals surface area contributed by atoms with Gasteiger partial charge in [0.25, 0.3) is 0 Å². The molecular weight excluding hydrogens is 206 g/mol. The zero-order valence-electron chi connectivity index (χ0n) is 9.43. The molecule has 1 unspecified atom stereocenters. The van der Waals surface area contributed by atoms with Crippen molar-refractivity contribution >= 4 is 11.7 Å². The minimum atomic E-state index is -0.905. The molecule has 1 atom stereocenters. The molecule has 0 amide bonds. The van der Waals surface area contributed by atoms with E-state index >= 15 is 0 Å². The Labute approximate surface area is 94.4 Å². The molecule has 1 saturated heterocycles. The van der Waals surface area contributed by atoms with E-state index in [9.17, 15) is 4.79 Å². The van der Waals surface area contributed by atoms with Crippen molar-refractivity contribution in [3.8, 4) is 5.75 Å². The predicted molar refractivity (Wildman–Crippen MR) is 61.4 cm³/mol. The highest BCUT2D eigenvalue weighted by Gasteiger charge is 2.26. The molecule has 0 saturated carbocycles. The lowest BCUT2D eigenvalue weighted by Crippen LogP contribution is -2.45. The fourth-order valence-corrected chi connectivity index (χ4v) is 1.92. The molecule has 0 aliphatic carbocycles. The van der Waals surface area contributed by atoms with E-state index in [4.69, 9.17) is 9.84 Å². The fourth-order valence-electron chi connectivity index (χ4n) is 1.92. The molecule has 1 aliphatic heterocycles. The van der Waals surface area contributed by atoms with E-state index in [0.29, 0.717) is 11.6 Å². The molecule has 4 nitrogen and oxygen atoms in total. The fraction of sp³-hybridized carbons (Fsp3) is 0.417. The molecule has 1 aromatic carbocycles. The second kappa shape index (κ2) is 4.04. The van der Waals surface area contributed by atoms with E-state index in [1.165, 1.54) is 0 Å². The first-order valence-electron chi connectivity index (χ1n) is 5.31. The van der Waals surface area contributed by atoms with Gasteiger partial charge in [0.1, 0.15) is 5.75 Å². The SMILES string of the molecule is COc1ccc(C(=O)O)cc1N1CCC1C. The third-order valence-electron chi connectivity index (χ3n) is 3.06. The van der Waals surface area contributed by atoms with E-state index in [2.05, 4.69) is 11.8 Å². The third kappa shape index (κ3) is 1.71. The van der Waals surface area contributed by atoms with E-state index in [-0.39, 0.29) is 0 Å². The maximum absolute atomic E-state index is 10.9. The van der Waals surface area contributed by atoms with Crippen molar-refractivity contribution in [2.45, 2.75) is 19.4 Å². The van der Waals surface area contributed by atoms with Gasteiger partial charge in [-0.2, -0.15) is 0 Å². The zero-order chi connectivity index (χ0) is 11.7. The lowest BCUT2D eigenvalue weighted by molar-refractivity contribution is 0.0697. The molecule has 0 bridgehead atoms. The van der Waals surface area contributed by atoms with Gasteiger partial charge in [0.2, 0.25) is 0 Å². The smallest absolute Gasteiger partial charge is 0.335 e. The van der Waals surface area contributed by atoms with Crippen LogP contribution < -0.4 is 9.64 Å². The highest BCUT2D eigenvalue weighted by Crippen LogP contribution is 2.35. The number of carboxylic acid groups (broad SMARTS) is 1. The second-order valence-electron chi connectivity index (χ2n) is 4.02. The Kier molecular flexibility index (Phi) is 2.73. The van der Waals surface area contributed by atoms with Gasteiger partial charge in [-0.15, -0.1) is 0 Å². The van der Waals surface area contributed by atoms with Crippen LogP contribution in [0.2, 0.25) is 0 Å². The van der Waals surface area contributed by atoms with Gasteiger partial charge in [0.05, 0.1) is 18.4 Å². The Morgan fingerprint density at radius 3 is 2.75 bits per heavy atom. The van der Waals surface area contributed by atoms with Crippen LogP contribution in [0, 0.1) is 0 Å². The summed E-state index contributed by atoms with van der Waals surface area (Å²) >= 11 is 0. The Bertz CT molecular complexity index is 417. The Hall–Kier alpha value is -1.71. The number of methoxy groups -OCH3 is 1. The molecule has 0 radical (unpaired) electrons. The Morgan fingerprint density at radius 2 is 2.31 bits per heavy atom. The Morgan fingerprint density at radius 1 is 1.56 bits per heavy atom. The van der Waals surface area contributed by atoms with Gasteiger partial charge in [-0.3, -0.25) is 0 Å². The van der Waals surface area contributed by atoms with Crippen LogP contribution >= 0.6 is 0 Å². The minimum Gasteiger partial charge on any atom is -0.495 e. The van der Waals surface area contributed by atoms with Crippen LogP contribution in [0.25, 0.3) is 0 Å². The molecule has 1 aromatic rings. The van der Waals surface area contributed by atoms with Crippen molar-refractivity contribution in [2.75, 3.05) is 18.6 Å². The summed E-state index contributed by atoms with van der Waals surface area (Å²) in [5.74, 6) is -0.173. The summed E-state index contributed by atoms with van der Waals surface area (Å²) < 4.78 is 5.25. The molecule has 1 aliphatic rings. The number of carboxylic acids is 1. The number of nitrogens with zero attached hydrogens (tertiary/aromatic N) is 1.